The first-order valence-electron chi connectivity index (χ1n) is 7.90. The van der Waals surface area contributed by atoms with Crippen molar-refractivity contribution in [3.05, 3.63) is 29.3 Å². The van der Waals surface area contributed by atoms with Gasteiger partial charge in [-0.05, 0) is 31.4 Å². The molecule has 4 heteroatoms. The van der Waals surface area contributed by atoms with E-state index in [9.17, 15) is 0 Å². The van der Waals surface area contributed by atoms with Crippen LogP contribution < -0.4 is 10.5 Å². The number of fused-ring (bicyclic) bond motifs is 1. The van der Waals surface area contributed by atoms with Crippen LogP contribution >= 0.6 is 12.2 Å². The molecule has 1 aromatic rings. The molecule has 0 aromatic heterocycles. The maximum absolute atomic E-state index is 6.11. The Morgan fingerprint density at radius 3 is 2.86 bits per heavy atom. The summed E-state index contributed by atoms with van der Waals surface area (Å²) in [6.45, 7) is 3.77. The zero-order chi connectivity index (χ0) is 14.8. The van der Waals surface area contributed by atoms with Crippen LogP contribution in [0.15, 0.2) is 18.2 Å². The van der Waals surface area contributed by atoms with Crippen LogP contribution in [-0.2, 0) is 6.42 Å². The van der Waals surface area contributed by atoms with Crippen molar-refractivity contribution in [3.63, 3.8) is 0 Å². The fourth-order valence-corrected chi connectivity index (χ4v) is 3.79. The Kier molecular flexibility index (Phi) is 4.45. The summed E-state index contributed by atoms with van der Waals surface area (Å²) >= 11 is 5.13. The van der Waals surface area contributed by atoms with E-state index >= 15 is 0 Å². The van der Waals surface area contributed by atoms with Crippen LogP contribution in [0, 0.1) is 6.92 Å². The number of nitrogens with two attached hydrogens (primary N) is 1. The molecule has 1 atom stereocenters. The van der Waals surface area contributed by atoms with Gasteiger partial charge in [0.25, 0.3) is 0 Å². The SMILES string of the molecule is Cc1ccc2c(c1)CC(CN(CC(N)=S)C1CCCC1)O2. The second-order valence-electron chi connectivity index (χ2n) is 6.39. The molecule has 0 saturated heterocycles. The summed E-state index contributed by atoms with van der Waals surface area (Å²) in [5, 5.41) is 0. The fourth-order valence-electron chi connectivity index (χ4n) is 3.62. The second kappa shape index (κ2) is 6.32. The monoisotopic (exact) mass is 304 g/mol. The highest BCUT2D eigenvalue weighted by molar-refractivity contribution is 7.80. The van der Waals surface area contributed by atoms with Crippen molar-refractivity contribution in [1.82, 2.24) is 4.90 Å². The molecule has 0 bridgehead atoms. The quantitative estimate of drug-likeness (QED) is 0.849. The number of ether oxygens (including phenoxy) is 1. The summed E-state index contributed by atoms with van der Waals surface area (Å²) in [6.07, 6.45) is 6.41. The van der Waals surface area contributed by atoms with Gasteiger partial charge in [-0.15, -0.1) is 0 Å². The highest BCUT2D eigenvalue weighted by Gasteiger charge is 2.29. The van der Waals surface area contributed by atoms with E-state index in [0.29, 0.717) is 11.0 Å². The van der Waals surface area contributed by atoms with Crippen LogP contribution in [0.5, 0.6) is 5.75 Å². The summed E-state index contributed by atoms with van der Waals surface area (Å²) in [5.74, 6) is 1.05. The Balaban J connectivity index is 1.65. The van der Waals surface area contributed by atoms with Crippen LogP contribution in [0.4, 0.5) is 0 Å². The zero-order valence-corrected chi connectivity index (χ0v) is 13.5. The minimum absolute atomic E-state index is 0.233. The van der Waals surface area contributed by atoms with Gasteiger partial charge in [0.15, 0.2) is 0 Å². The molecule has 114 valence electrons. The molecule has 1 fully saturated rings. The summed E-state index contributed by atoms with van der Waals surface area (Å²) in [4.78, 5) is 3.03. The number of thiocarbonyl (C=S) groups is 1. The smallest absolute Gasteiger partial charge is 0.123 e. The number of hydrogen-bond donors (Lipinski definition) is 1. The molecular weight excluding hydrogens is 280 g/mol. The molecule has 1 aliphatic heterocycles. The molecule has 0 amide bonds. The molecule has 0 spiro atoms. The Bertz CT molecular complexity index is 526. The third kappa shape index (κ3) is 3.55. The van der Waals surface area contributed by atoms with Gasteiger partial charge in [-0.1, -0.05) is 42.8 Å². The van der Waals surface area contributed by atoms with Gasteiger partial charge < -0.3 is 10.5 Å². The first-order valence-corrected chi connectivity index (χ1v) is 8.31. The van der Waals surface area contributed by atoms with Crippen LogP contribution in [0.1, 0.15) is 36.8 Å². The van der Waals surface area contributed by atoms with Crippen molar-refractivity contribution >= 4 is 17.2 Å². The van der Waals surface area contributed by atoms with E-state index in [1.54, 1.807) is 0 Å². The van der Waals surface area contributed by atoms with E-state index in [1.807, 2.05) is 0 Å². The van der Waals surface area contributed by atoms with E-state index in [1.165, 1.54) is 36.8 Å². The first kappa shape index (κ1) is 14.8. The van der Waals surface area contributed by atoms with E-state index in [4.69, 9.17) is 22.7 Å². The van der Waals surface area contributed by atoms with Crippen molar-refractivity contribution in [1.29, 1.82) is 0 Å². The summed E-state index contributed by atoms with van der Waals surface area (Å²) in [5.41, 5.74) is 8.42. The van der Waals surface area contributed by atoms with Crippen LogP contribution in [0.2, 0.25) is 0 Å². The lowest BCUT2D eigenvalue weighted by molar-refractivity contribution is 0.131. The largest absolute Gasteiger partial charge is 0.488 e. The van der Waals surface area contributed by atoms with Gasteiger partial charge >= 0.3 is 0 Å². The molecule has 1 heterocycles. The highest BCUT2D eigenvalue weighted by Crippen LogP contribution is 2.31. The maximum Gasteiger partial charge on any atom is 0.123 e. The summed E-state index contributed by atoms with van der Waals surface area (Å²) in [6, 6.07) is 7.08. The van der Waals surface area contributed by atoms with E-state index in [-0.39, 0.29) is 6.10 Å². The van der Waals surface area contributed by atoms with E-state index in [2.05, 4.69) is 30.0 Å². The third-order valence-corrected chi connectivity index (χ3v) is 4.72. The van der Waals surface area contributed by atoms with Crippen molar-refractivity contribution in [2.45, 2.75) is 51.2 Å². The van der Waals surface area contributed by atoms with Crippen molar-refractivity contribution < 1.29 is 4.74 Å². The average Bonchev–Trinajstić information content (AvgIpc) is 3.05. The zero-order valence-electron chi connectivity index (χ0n) is 12.7. The number of aryl methyl sites for hydroxylation is 1. The van der Waals surface area contributed by atoms with Gasteiger partial charge in [0.1, 0.15) is 11.9 Å². The molecule has 1 unspecified atom stereocenters. The Morgan fingerprint density at radius 2 is 2.14 bits per heavy atom. The molecule has 1 aliphatic carbocycles. The predicted octanol–water partition coefficient (Wildman–Crippen LogP) is 2.83. The number of benzene rings is 1. The minimum Gasteiger partial charge on any atom is -0.488 e. The van der Waals surface area contributed by atoms with Gasteiger partial charge in [0.2, 0.25) is 0 Å². The molecule has 2 N–H and O–H groups in total. The predicted molar refractivity (Wildman–Crippen MR) is 89.9 cm³/mol. The lowest BCUT2D eigenvalue weighted by Gasteiger charge is -2.30. The average molecular weight is 304 g/mol. The standard InChI is InChI=1S/C17H24N2OS/c1-12-6-7-16-13(8-12)9-15(20-16)10-19(11-17(18)21)14-4-2-3-5-14/h6-8,14-15H,2-5,9-11H2,1H3,(H2,18,21). The molecular formula is C17H24N2OS. The lowest BCUT2D eigenvalue weighted by Crippen LogP contribution is -2.44. The molecule has 0 radical (unpaired) electrons. The Labute approximate surface area is 132 Å². The van der Waals surface area contributed by atoms with Crippen LogP contribution in [-0.4, -0.2) is 35.1 Å². The molecule has 1 saturated carbocycles. The van der Waals surface area contributed by atoms with Gasteiger partial charge in [-0.2, -0.15) is 0 Å². The lowest BCUT2D eigenvalue weighted by atomic mass is 10.1. The van der Waals surface area contributed by atoms with E-state index in [0.717, 1.165) is 25.3 Å². The summed E-state index contributed by atoms with van der Waals surface area (Å²) < 4.78 is 6.11. The number of nitrogens with zero attached hydrogens (tertiary/aromatic N) is 1. The van der Waals surface area contributed by atoms with Crippen LogP contribution in [0.25, 0.3) is 0 Å². The molecule has 2 aliphatic rings. The Hall–Kier alpha value is -1.13. The van der Waals surface area contributed by atoms with Gasteiger partial charge in [0, 0.05) is 25.6 Å². The highest BCUT2D eigenvalue weighted by atomic mass is 32.1. The topological polar surface area (TPSA) is 38.5 Å². The van der Waals surface area contributed by atoms with E-state index < -0.39 is 0 Å². The minimum atomic E-state index is 0.233. The number of rotatable bonds is 5. The second-order valence-corrected chi connectivity index (χ2v) is 6.91. The molecule has 3 nitrogen and oxygen atoms in total. The van der Waals surface area contributed by atoms with Gasteiger partial charge in [-0.3, -0.25) is 4.90 Å². The first-order chi connectivity index (χ1) is 10.1. The van der Waals surface area contributed by atoms with Crippen molar-refractivity contribution in [2.75, 3.05) is 13.1 Å². The molecule has 1 aromatic carbocycles. The Morgan fingerprint density at radius 1 is 1.38 bits per heavy atom. The molecule has 21 heavy (non-hydrogen) atoms. The summed E-state index contributed by atoms with van der Waals surface area (Å²) in [7, 11) is 0. The third-order valence-electron chi connectivity index (χ3n) is 4.60. The van der Waals surface area contributed by atoms with Gasteiger partial charge in [0.05, 0.1) is 4.99 Å². The fraction of sp³-hybridized carbons (Fsp3) is 0.588. The maximum atomic E-state index is 6.11. The van der Waals surface area contributed by atoms with Crippen molar-refractivity contribution in [2.24, 2.45) is 5.73 Å². The van der Waals surface area contributed by atoms with Crippen molar-refractivity contribution in [3.8, 4) is 5.75 Å². The normalized spacial score (nSPS) is 21.5. The van der Waals surface area contributed by atoms with Crippen LogP contribution in [0.3, 0.4) is 0 Å². The van der Waals surface area contributed by atoms with Gasteiger partial charge in [-0.25, -0.2) is 0 Å². The number of hydrogen-bond acceptors (Lipinski definition) is 3. The molecule has 3 rings (SSSR count).